The van der Waals surface area contributed by atoms with E-state index < -0.39 is 0 Å². The monoisotopic (exact) mass is 371 g/mol. The number of anilines is 1. The molecule has 0 unspecified atom stereocenters. The number of aryl methyl sites for hydroxylation is 1. The van der Waals surface area contributed by atoms with Crippen molar-refractivity contribution in [1.29, 1.82) is 0 Å². The smallest absolute Gasteiger partial charge is 0.227 e. The van der Waals surface area contributed by atoms with Crippen molar-refractivity contribution in [3.05, 3.63) is 29.8 Å². The second kappa shape index (κ2) is 9.36. The van der Waals surface area contributed by atoms with Crippen LogP contribution in [0.5, 0.6) is 0 Å². The van der Waals surface area contributed by atoms with E-state index >= 15 is 0 Å². The number of para-hydroxylation sites is 1. The lowest BCUT2D eigenvalue weighted by Gasteiger charge is -2.34. The van der Waals surface area contributed by atoms with Gasteiger partial charge in [-0.15, -0.1) is 0 Å². The molecule has 0 aromatic heterocycles. The molecule has 0 radical (unpaired) electrons. The standard InChI is InChI=1S/C22H33N3O2/c1-17(2)16-21(26)23-19-10-14-24(15-11-19)12-5-13-25-20-7-4-3-6-18(20)8-9-22(25)27/h3-4,6-7,17,19H,5,8-16H2,1-2H3,(H,23,26). The molecule has 3 rings (SSSR count). The predicted molar refractivity (Wildman–Crippen MR) is 109 cm³/mol. The number of likely N-dealkylation sites (tertiary alicyclic amines) is 1. The van der Waals surface area contributed by atoms with Crippen LogP contribution in [0.25, 0.3) is 0 Å². The number of benzene rings is 1. The van der Waals surface area contributed by atoms with E-state index in [9.17, 15) is 9.59 Å². The number of nitrogens with zero attached hydrogens (tertiary/aromatic N) is 2. The van der Waals surface area contributed by atoms with Crippen LogP contribution in [0.15, 0.2) is 24.3 Å². The molecule has 5 heteroatoms. The number of carbonyl (C=O) groups excluding carboxylic acids is 2. The number of fused-ring (bicyclic) bond motifs is 1. The Bertz CT molecular complexity index is 651. The quantitative estimate of drug-likeness (QED) is 0.802. The van der Waals surface area contributed by atoms with E-state index in [-0.39, 0.29) is 11.8 Å². The first kappa shape index (κ1) is 19.9. The summed E-state index contributed by atoms with van der Waals surface area (Å²) < 4.78 is 0. The van der Waals surface area contributed by atoms with Crippen LogP contribution in [-0.4, -0.2) is 48.9 Å². The molecule has 2 heterocycles. The average Bonchev–Trinajstić information content (AvgIpc) is 2.64. The maximum atomic E-state index is 12.3. The summed E-state index contributed by atoms with van der Waals surface area (Å²) in [5, 5.41) is 3.18. The van der Waals surface area contributed by atoms with E-state index in [2.05, 4.69) is 42.3 Å². The first-order chi connectivity index (χ1) is 13.0. The first-order valence-corrected chi connectivity index (χ1v) is 10.4. The lowest BCUT2D eigenvalue weighted by molar-refractivity contribution is -0.122. The van der Waals surface area contributed by atoms with Gasteiger partial charge in [-0.2, -0.15) is 0 Å². The van der Waals surface area contributed by atoms with E-state index in [1.54, 1.807) is 0 Å². The Balaban J connectivity index is 1.40. The minimum Gasteiger partial charge on any atom is -0.353 e. The lowest BCUT2D eigenvalue weighted by atomic mass is 10.0. The van der Waals surface area contributed by atoms with E-state index in [0.29, 0.717) is 24.8 Å². The van der Waals surface area contributed by atoms with Crippen molar-refractivity contribution < 1.29 is 9.59 Å². The molecule has 2 aliphatic rings. The van der Waals surface area contributed by atoms with Gasteiger partial charge < -0.3 is 15.1 Å². The van der Waals surface area contributed by atoms with Gasteiger partial charge in [0.05, 0.1) is 0 Å². The van der Waals surface area contributed by atoms with Crippen molar-refractivity contribution in [3.8, 4) is 0 Å². The van der Waals surface area contributed by atoms with Crippen molar-refractivity contribution >= 4 is 17.5 Å². The van der Waals surface area contributed by atoms with E-state index in [1.165, 1.54) is 5.56 Å². The number of carbonyl (C=O) groups is 2. The van der Waals surface area contributed by atoms with Gasteiger partial charge in [0.1, 0.15) is 0 Å². The summed E-state index contributed by atoms with van der Waals surface area (Å²) in [6.07, 6.45) is 5.14. The van der Waals surface area contributed by atoms with Crippen LogP contribution in [0.1, 0.15) is 51.5 Å². The normalized spacial score (nSPS) is 18.6. The molecule has 0 spiro atoms. The van der Waals surface area contributed by atoms with Crippen molar-refractivity contribution in [2.24, 2.45) is 5.92 Å². The number of rotatable bonds is 7. The predicted octanol–water partition coefficient (Wildman–Crippen LogP) is 2.98. The van der Waals surface area contributed by atoms with Gasteiger partial charge in [0.2, 0.25) is 11.8 Å². The Morgan fingerprint density at radius 1 is 1.15 bits per heavy atom. The van der Waals surface area contributed by atoms with Crippen LogP contribution in [0.2, 0.25) is 0 Å². The maximum absolute atomic E-state index is 12.3. The van der Waals surface area contributed by atoms with Gasteiger partial charge in [-0.25, -0.2) is 0 Å². The molecule has 27 heavy (non-hydrogen) atoms. The fourth-order valence-corrected chi connectivity index (χ4v) is 4.15. The molecule has 2 aliphatic heterocycles. The Morgan fingerprint density at radius 2 is 1.89 bits per heavy atom. The van der Waals surface area contributed by atoms with Crippen LogP contribution in [0, 0.1) is 5.92 Å². The lowest BCUT2D eigenvalue weighted by Crippen LogP contribution is -2.45. The molecule has 1 saturated heterocycles. The van der Waals surface area contributed by atoms with Gasteiger partial charge >= 0.3 is 0 Å². The zero-order valence-electron chi connectivity index (χ0n) is 16.7. The Morgan fingerprint density at radius 3 is 2.63 bits per heavy atom. The summed E-state index contributed by atoms with van der Waals surface area (Å²) in [6.45, 7) is 8.01. The summed E-state index contributed by atoms with van der Waals surface area (Å²) in [7, 11) is 0. The molecular formula is C22H33N3O2. The molecule has 148 valence electrons. The second-order valence-corrected chi connectivity index (χ2v) is 8.31. The third-order valence-electron chi connectivity index (χ3n) is 5.59. The molecule has 5 nitrogen and oxygen atoms in total. The summed E-state index contributed by atoms with van der Waals surface area (Å²) >= 11 is 0. The Hall–Kier alpha value is -1.88. The van der Waals surface area contributed by atoms with Crippen molar-refractivity contribution in [2.75, 3.05) is 31.1 Å². The van der Waals surface area contributed by atoms with Crippen molar-refractivity contribution in [3.63, 3.8) is 0 Å². The zero-order valence-corrected chi connectivity index (χ0v) is 16.7. The largest absolute Gasteiger partial charge is 0.353 e. The third-order valence-corrected chi connectivity index (χ3v) is 5.59. The molecule has 1 fully saturated rings. The highest BCUT2D eigenvalue weighted by Crippen LogP contribution is 2.27. The average molecular weight is 372 g/mol. The van der Waals surface area contributed by atoms with Gasteiger partial charge in [-0.3, -0.25) is 9.59 Å². The SMILES string of the molecule is CC(C)CC(=O)NC1CCN(CCCN2C(=O)CCc3ccccc32)CC1. The summed E-state index contributed by atoms with van der Waals surface area (Å²) in [5.41, 5.74) is 2.38. The molecule has 0 saturated carbocycles. The van der Waals surface area contributed by atoms with E-state index in [0.717, 1.165) is 57.5 Å². The van der Waals surface area contributed by atoms with Gasteiger partial charge in [0.15, 0.2) is 0 Å². The van der Waals surface area contributed by atoms with Gasteiger partial charge in [0, 0.05) is 44.2 Å². The van der Waals surface area contributed by atoms with Crippen LogP contribution in [0.3, 0.4) is 0 Å². The molecule has 0 atom stereocenters. The summed E-state index contributed by atoms with van der Waals surface area (Å²) in [4.78, 5) is 28.7. The Kier molecular flexibility index (Phi) is 6.89. The molecule has 1 aromatic rings. The number of piperidine rings is 1. The zero-order chi connectivity index (χ0) is 19.2. The van der Waals surface area contributed by atoms with Crippen molar-refractivity contribution in [2.45, 2.75) is 58.4 Å². The minimum absolute atomic E-state index is 0.186. The fraction of sp³-hybridized carbons (Fsp3) is 0.636. The highest BCUT2D eigenvalue weighted by molar-refractivity contribution is 5.96. The summed E-state index contributed by atoms with van der Waals surface area (Å²) in [6, 6.07) is 8.59. The number of nitrogens with one attached hydrogen (secondary N) is 1. The van der Waals surface area contributed by atoms with Crippen molar-refractivity contribution in [1.82, 2.24) is 10.2 Å². The van der Waals surface area contributed by atoms with Crippen LogP contribution >= 0.6 is 0 Å². The summed E-state index contributed by atoms with van der Waals surface area (Å²) in [5.74, 6) is 0.846. The van der Waals surface area contributed by atoms with E-state index in [4.69, 9.17) is 0 Å². The minimum atomic E-state index is 0.186. The molecule has 1 aromatic carbocycles. The van der Waals surface area contributed by atoms with Crippen LogP contribution in [-0.2, 0) is 16.0 Å². The third kappa shape index (κ3) is 5.55. The number of hydrogen-bond donors (Lipinski definition) is 1. The molecular weight excluding hydrogens is 338 g/mol. The van der Waals surface area contributed by atoms with Crippen LogP contribution < -0.4 is 10.2 Å². The van der Waals surface area contributed by atoms with Crippen LogP contribution in [0.4, 0.5) is 5.69 Å². The van der Waals surface area contributed by atoms with Gasteiger partial charge in [0.25, 0.3) is 0 Å². The topological polar surface area (TPSA) is 52.7 Å². The molecule has 0 bridgehead atoms. The fourth-order valence-electron chi connectivity index (χ4n) is 4.15. The first-order valence-electron chi connectivity index (χ1n) is 10.4. The maximum Gasteiger partial charge on any atom is 0.227 e. The molecule has 0 aliphatic carbocycles. The van der Waals surface area contributed by atoms with E-state index in [1.807, 2.05) is 11.0 Å². The number of amides is 2. The highest BCUT2D eigenvalue weighted by Gasteiger charge is 2.24. The molecule has 2 amide bonds. The second-order valence-electron chi connectivity index (χ2n) is 8.31. The van der Waals surface area contributed by atoms with Gasteiger partial charge in [-0.1, -0.05) is 32.0 Å². The number of hydrogen-bond acceptors (Lipinski definition) is 3. The van der Waals surface area contributed by atoms with Gasteiger partial charge in [-0.05, 0) is 49.8 Å². The highest BCUT2D eigenvalue weighted by atomic mass is 16.2. The molecule has 1 N–H and O–H groups in total. The Labute approximate surface area is 163 Å².